The molecule has 0 spiro atoms. The zero-order valence-electron chi connectivity index (χ0n) is 13.0. The van der Waals surface area contributed by atoms with Crippen molar-refractivity contribution in [3.8, 4) is 5.75 Å². The number of nitrogens with one attached hydrogen (secondary N) is 1. The van der Waals surface area contributed by atoms with Gasteiger partial charge in [0.2, 0.25) is 0 Å². The first-order valence-electron chi connectivity index (χ1n) is 7.55. The van der Waals surface area contributed by atoms with Crippen LogP contribution in [0.15, 0.2) is 48.5 Å². The molecule has 3 nitrogen and oxygen atoms in total. The zero-order valence-corrected chi connectivity index (χ0v) is 14.6. The minimum Gasteiger partial charge on any atom is -0.495 e. The van der Waals surface area contributed by atoms with Gasteiger partial charge in [0.1, 0.15) is 5.75 Å². The molecule has 0 aliphatic carbocycles. The van der Waals surface area contributed by atoms with Gasteiger partial charge in [0.15, 0.2) is 0 Å². The molecule has 1 amide bonds. The Labute approximate surface area is 145 Å². The van der Waals surface area contributed by atoms with E-state index in [4.69, 9.17) is 4.74 Å². The molecular weight excluding hydrogens is 326 g/mol. The summed E-state index contributed by atoms with van der Waals surface area (Å²) >= 11 is 3.97. The first-order chi connectivity index (χ1) is 11.3. The Kier molecular flexibility index (Phi) is 5.51. The van der Waals surface area contributed by atoms with E-state index in [1.54, 1.807) is 7.11 Å². The number of carbonyl (C=O) groups is 1. The molecule has 1 fully saturated rings. The number of rotatable bonds is 4. The summed E-state index contributed by atoms with van der Waals surface area (Å²) in [5, 5.41) is 2.90. The predicted molar refractivity (Wildman–Crippen MR) is 99.7 cm³/mol. The van der Waals surface area contributed by atoms with Gasteiger partial charge < -0.3 is 10.1 Å². The summed E-state index contributed by atoms with van der Waals surface area (Å²) in [6.07, 6.45) is 1.28. The number of hydrogen-bond acceptors (Lipinski definition) is 4. The van der Waals surface area contributed by atoms with Crippen LogP contribution in [0.4, 0.5) is 5.69 Å². The van der Waals surface area contributed by atoms with Crippen LogP contribution in [0.3, 0.4) is 0 Å². The van der Waals surface area contributed by atoms with Gasteiger partial charge in [-0.25, -0.2) is 0 Å². The zero-order chi connectivity index (χ0) is 16.1. The summed E-state index contributed by atoms with van der Waals surface area (Å²) in [6, 6.07) is 15.3. The molecule has 5 heteroatoms. The number of benzene rings is 2. The van der Waals surface area contributed by atoms with Crippen molar-refractivity contribution in [2.24, 2.45) is 0 Å². The second-order valence-corrected chi connectivity index (χ2v) is 7.93. The van der Waals surface area contributed by atoms with E-state index < -0.39 is 0 Å². The van der Waals surface area contributed by atoms with E-state index in [0.717, 1.165) is 0 Å². The first kappa shape index (κ1) is 16.3. The second-order valence-electron chi connectivity index (χ2n) is 5.20. The Bertz CT molecular complexity index is 667. The maximum atomic E-state index is 12.4. The molecular formula is C18H19NO2S2. The van der Waals surface area contributed by atoms with Gasteiger partial charge in [0.05, 0.1) is 17.4 Å². The fraction of sp³-hybridized carbons (Fsp3) is 0.278. The number of carbonyl (C=O) groups excluding carboxylic acids is 1. The van der Waals surface area contributed by atoms with E-state index in [0.29, 0.717) is 21.6 Å². The van der Waals surface area contributed by atoms with Gasteiger partial charge in [0.25, 0.3) is 5.91 Å². The second kappa shape index (κ2) is 7.79. The van der Waals surface area contributed by atoms with Gasteiger partial charge in [-0.15, -0.1) is 23.5 Å². The maximum absolute atomic E-state index is 12.4. The molecule has 1 N–H and O–H groups in total. The number of methoxy groups -OCH3 is 1. The Morgan fingerprint density at radius 2 is 1.78 bits per heavy atom. The summed E-state index contributed by atoms with van der Waals surface area (Å²) in [5.74, 6) is 2.97. The summed E-state index contributed by atoms with van der Waals surface area (Å²) in [5.41, 5.74) is 2.63. The third-order valence-corrected chi connectivity index (χ3v) is 6.64. The average Bonchev–Trinajstić information content (AvgIpc) is 2.63. The molecule has 1 aliphatic rings. The lowest BCUT2D eigenvalue weighted by Gasteiger charge is -2.21. The fourth-order valence-electron chi connectivity index (χ4n) is 2.41. The van der Waals surface area contributed by atoms with E-state index in [-0.39, 0.29) is 5.91 Å². The van der Waals surface area contributed by atoms with E-state index in [1.165, 1.54) is 23.5 Å². The van der Waals surface area contributed by atoms with Crippen molar-refractivity contribution in [2.45, 2.75) is 11.0 Å². The van der Waals surface area contributed by atoms with E-state index in [1.807, 2.05) is 59.9 Å². The largest absolute Gasteiger partial charge is 0.495 e. The van der Waals surface area contributed by atoms with E-state index >= 15 is 0 Å². The molecule has 0 aromatic heterocycles. The summed E-state index contributed by atoms with van der Waals surface area (Å²) < 4.78 is 5.76. The van der Waals surface area contributed by atoms with Crippen molar-refractivity contribution in [1.29, 1.82) is 0 Å². The molecule has 0 radical (unpaired) electrons. The smallest absolute Gasteiger partial charge is 0.255 e. The van der Waals surface area contributed by atoms with Gasteiger partial charge in [-0.1, -0.05) is 24.3 Å². The number of anilines is 1. The molecule has 0 bridgehead atoms. The van der Waals surface area contributed by atoms with Gasteiger partial charge in [-0.05, 0) is 47.8 Å². The number of ether oxygens (including phenoxy) is 1. The van der Waals surface area contributed by atoms with Crippen LogP contribution in [0.25, 0.3) is 0 Å². The Hall–Kier alpha value is -1.59. The van der Waals surface area contributed by atoms with Crippen molar-refractivity contribution in [3.05, 3.63) is 59.7 Å². The van der Waals surface area contributed by atoms with Gasteiger partial charge in [-0.3, -0.25) is 4.79 Å². The standard InChI is InChI=1S/C18H19NO2S2/c1-21-16-6-3-2-5-15(16)19-17(20)13-7-9-14(10-8-13)18-22-11-4-12-23-18/h2-3,5-10,18H,4,11-12H2,1H3,(H,19,20). The third kappa shape index (κ3) is 4.03. The predicted octanol–water partition coefficient (Wildman–Crippen LogP) is 4.82. The van der Waals surface area contributed by atoms with Crippen LogP contribution in [-0.4, -0.2) is 24.5 Å². The molecule has 0 unspecified atom stereocenters. The van der Waals surface area contributed by atoms with Gasteiger partial charge in [0, 0.05) is 5.56 Å². The molecule has 23 heavy (non-hydrogen) atoms. The number of hydrogen-bond donors (Lipinski definition) is 1. The highest BCUT2D eigenvalue weighted by atomic mass is 32.2. The van der Waals surface area contributed by atoms with Crippen LogP contribution in [0.2, 0.25) is 0 Å². The van der Waals surface area contributed by atoms with Crippen molar-refractivity contribution >= 4 is 35.1 Å². The molecule has 1 aliphatic heterocycles. The highest BCUT2D eigenvalue weighted by Gasteiger charge is 2.17. The van der Waals surface area contributed by atoms with Crippen molar-refractivity contribution in [2.75, 3.05) is 23.9 Å². The van der Waals surface area contributed by atoms with Crippen molar-refractivity contribution in [1.82, 2.24) is 0 Å². The number of thioether (sulfide) groups is 2. The average molecular weight is 345 g/mol. The number of para-hydroxylation sites is 2. The van der Waals surface area contributed by atoms with E-state index in [9.17, 15) is 4.79 Å². The summed E-state index contributed by atoms with van der Waals surface area (Å²) in [6.45, 7) is 0. The third-order valence-electron chi connectivity index (χ3n) is 3.63. The summed E-state index contributed by atoms with van der Waals surface area (Å²) in [4.78, 5) is 12.4. The van der Waals surface area contributed by atoms with Crippen LogP contribution in [0.1, 0.15) is 26.9 Å². The van der Waals surface area contributed by atoms with Crippen molar-refractivity contribution in [3.63, 3.8) is 0 Å². The molecule has 0 atom stereocenters. The maximum Gasteiger partial charge on any atom is 0.255 e. The molecule has 1 saturated heterocycles. The lowest BCUT2D eigenvalue weighted by Crippen LogP contribution is -2.12. The lowest BCUT2D eigenvalue weighted by molar-refractivity contribution is 0.102. The van der Waals surface area contributed by atoms with Crippen LogP contribution >= 0.6 is 23.5 Å². The Balaban J connectivity index is 1.70. The molecule has 0 saturated carbocycles. The van der Waals surface area contributed by atoms with E-state index in [2.05, 4.69) is 17.4 Å². The lowest BCUT2D eigenvalue weighted by atomic mass is 10.1. The SMILES string of the molecule is COc1ccccc1NC(=O)c1ccc(C2SCCCS2)cc1. The highest BCUT2D eigenvalue weighted by Crippen LogP contribution is 2.43. The fourth-order valence-corrected chi connectivity index (χ4v) is 5.31. The molecule has 2 aromatic carbocycles. The normalized spacial score (nSPS) is 15.2. The van der Waals surface area contributed by atoms with Crippen LogP contribution in [-0.2, 0) is 0 Å². The summed E-state index contributed by atoms with van der Waals surface area (Å²) in [7, 11) is 1.60. The first-order valence-corrected chi connectivity index (χ1v) is 9.65. The molecule has 2 aromatic rings. The minimum absolute atomic E-state index is 0.120. The molecule has 1 heterocycles. The number of amides is 1. The monoisotopic (exact) mass is 345 g/mol. The quantitative estimate of drug-likeness (QED) is 0.862. The molecule has 120 valence electrons. The van der Waals surface area contributed by atoms with Gasteiger partial charge >= 0.3 is 0 Å². The minimum atomic E-state index is -0.120. The Morgan fingerprint density at radius 3 is 2.48 bits per heavy atom. The highest BCUT2D eigenvalue weighted by molar-refractivity contribution is 8.16. The van der Waals surface area contributed by atoms with Crippen LogP contribution < -0.4 is 10.1 Å². The topological polar surface area (TPSA) is 38.3 Å². The molecule has 3 rings (SSSR count). The Morgan fingerprint density at radius 1 is 1.09 bits per heavy atom. The van der Waals surface area contributed by atoms with Crippen molar-refractivity contribution < 1.29 is 9.53 Å². The van der Waals surface area contributed by atoms with Crippen LogP contribution in [0.5, 0.6) is 5.75 Å². The van der Waals surface area contributed by atoms with Gasteiger partial charge in [-0.2, -0.15) is 0 Å². The van der Waals surface area contributed by atoms with Crippen LogP contribution in [0, 0.1) is 0 Å².